The Bertz CT molecular complexity index is 268. The van der Waals surface area contributed by atoms with Crippen LogP contribution in [0.2, 0.25) is 0 Å². The van der Waals surface area contributed by atoms with E-state index in [9.17, 15) is 9.59 Å². The van der Waals surface area contributed by atoms with Crippen molar-refractivity contribution in [1.29, 1.82) is 0 Å². The molecule has 0 aliphatic heterocycles. The number of alkyl halides is 1. The van der Waals surface area contributed by atoms with Crippen LogP contribution in [0.3, 0.4) is 0 Å². The van der Waals surface area contributed by atoms with Crippen LogP contribution in [0.15, 0.2) is 5.10 Å². The van der Waals surface area contributed by atoms with Gasteiger partial charge < -0.3 is 9.47 Å². The largest absolute Gasteiger partial charge is 0.466 e. The number of nitrogens with zero attached hydrogens (tertiary/aromatic N) is 1. The minimum Gasteiger partial charge on any atom is -0.466 e. The van der Waals surface area contributed by atoms with Gasteiger partial charge in [0.05, 0.1) is 31.2 Å². The average Bonchev–Trinajstić information content (AvgIpc) is 2.25. The van der Waals surface area contributed by atoms with Crippen LogP contribution < -0.4 is 5.43 Å². The summed E-state index contributed by atoms with van der Waals surface area (Å²) >= 11 is 5.54. The molecule has 7 heteroatoms. The van der Waals surface area contributed by atoms with E-state index in [-0.39, 0.29) is 18.9 Å². The molecule has 0 unspecified atom stereocenters. The van der Waals surface area contributed by atoms with E-state index in [4.69, 9.17) is 16.3 Å². The van der Waals surface area contributed by atoms with Gasteiger partial charge in [0, 0.05) is 0 Å². The van der Waals surface area contributed by atoms with E-state index in [0.29, 0.717) is 12.3 Å². The first kappa shape index (κ1) is 14.7. The fourth-order valence-electron chi connectivity index (χ4n) is 0.783. The molecule has 6 nitrogen and oxygen atoms in total. The Hall–Kier alpha value is -1.30. The summed E-state index contributed by atoms with van der Waals surface area (Å²) in [5, 5.41) is 3.64. The Morgan fingerprint density at radius 3 is 2.38 bits per heavy atom. The summed E-state index contributed by atoms with van der Waals surface area (Å²) in [4.78, 5) is 22.0. The number of carbonyl (C=O) groups excluding carboxylic acids is 2. The number of rotatable bonds is 6. The summed E-state index contributed by atoms with van der Waals surface area (Å²) < 4.78 is 9.28. The molecule has 0 aromatic rings. The molecule has 0 saturated carbocycles. The summed E-state index contributed by atoms with van der Waals surface area (Å²) in [6.45, 7) is 3.91. The second-order valence-electron chi connectivity index (χ2n) is 2.63. The Morgan fingerprint density at radius 1 is 1.25 bits per heavy atom. The van der Waals surface area contributed by atoms with Gasteiger partial charge in [-0.05, 0) is 13.8 Å². The molecule has 16 heavy (non-hydrogen) atoms. The molecule has 0 aliphatic carbocycles. The maximum Gasteiger partial charge on any atom is 0.427 e. The van der Waals surface area contributed by atoms with Gasteiger partial charge in [-0.1, -0.05) is 0 Å². The van der Waals surface area contributed by atoms with E-state index in [1.807, 2.05) is 0 Å². The van der Waals surface area contributed by atoms with Crippen molar-refractivity contribution in [3.05, 3.63) is 0 Å². The van der Waals surface area contributed by atoms with E-state index in [2.05, 4.69) is 15.3 Å². The highest BCUT2D eigenvalue weighted by Crippen LogP contribution is 1.94. The van der Waals surface area contributed by atoms with Gasteiger partial charge in [0.1, 0.15) is 0 Å². The first-order valence-electron chi connectivity index (χ1n) is 4.83. The molecule has 0 aliphatic rings. The number of nitrogens with one attached hydrogen (secondary N) is 1. The summed E-state index contributed by atoms with van der Waals surface area (Å²) in [7, 11) is 0. The van der Waals surface area contributed by atoms with Crippen LogP contribution in [0, 0.1) is 0 Å². The summed E-state index contributed by atoms with van der Waals surface area (Å²) in [6.07, 6.45) is -0.738. The van der Waals surface area contributed by atoms with Crippen LogP contribution in [-0.4, -0.2) is 36.9 Å². The number of hydrogen-bond donors (Lipinski definition) is 1. The van der Waals surface area contributed by atoms with E-state index in [1.165, 1.54) is 0 Å². The van der Waals surface area contributed by atoms with Crippen LogP contribution in [0.1, 0.15) is 20.3 Å². The zero-order valence-corrected chi connectivity index (χ0v) is 10.0. The molecule has 1 N–H and O–H groups in total. The number of hydrogen-bond acceptors (Lipinski definition) is 5. The molecule has 0 atom stereocenters. The van der Waals surface area contributed by atoms with Crippen molar-refractivity contribution in [3.8, 4) is 0 Å². The molecule has 0 bridgehead atoms. The minimum atomic E-state index is -0.686. The monoisotopic (exact) mass is 250 g/mol. The summed E-state index contributed by atoms with van der Waals surface area (Å²) in [5.74, 6) is -0.404. The number of amides is 1. The molecular weight excluding hydrogens is 236 g/mol. The second kappa shape index (κ2) is 8.96. The molecule has 0 heterocycles. The number of ether oxygens (including phenoxy) is 2. The summed E-state index contributed by atoms with van der Waals surface area (Å²) in [6, 6.07) is 0. The molecule has 0 fully saturated rings. The molecule has 0 radical (unpaired) electrons. The molecule has 0 saturated heterocycles. The van der Waals surface area contributed by atoms with Crippen molar-refractivity contribution in [2.75, 3.05) is 19.1 Å². The zero-order chi connectivity index (χ0) is 12.4. The first-order valence-corrected chi connectivity index (χ1v) is 5.37. The molecule has 0 rings (SSSR count). The molecule has 1 amide bonds. The van der Waals surface area contributed by atoms with E-state index < -0.39 is 12.1 Å². The van der Waals surface area contributed by atoms with Gasteiger partial charge in [-0.15, -0.1) is 11.6 Å². The Morgan fingerprint density at radius 2 is 1.88 bits per heavy atom. The third-order valence-corrected chi connectivity index (χ3v) is 1.70. The van der Waals surface area contributed by atoms with Gasteiger partial charge in [-0.3, -0.25) is 4.79 Å². The topological polar surface area (TPSA) is 77.0 Å². The quantitative estimate of drug-likeness (QED) is 0.333. The second-order valence-corrected chi connectivity index (χ2v) is 2.89. The number of esters is 1. The highest BCUT2D eigenvalue weighted by atomic mass is 35.5. The SMILES string of the molecule is CCOC(=O)CC(CCl)=NNC(=O)OCC. The minimum absolute atomic E-state index is 0.0330. The predicted octanol–water partition coefficient (Wildman–Crippen LogP) is 1.28. The van der Waals surface area contributed by atoms with Crippen molar-refractivity contribution < 1.29 is 19.1 Å². The van der Waals surface area contributed by atoms with E-state index in [0.717, 1.165) is 0 Å². The van der Waals surface area contributed by atoms with Crippen LogP contribution in [0.25, 0.3) is 0 Å². The van der Waals surface area contributed by atoms with Gasteiger partial charge in [-0.2, -0.15) is 5.10 Å². The average molecular weight is 251 g/mol. The highest BCUT2D eigenvalue weighted by molar-refractivity contribution is 6.30. The lowest BCUT2D eigenvalue weighted by molar-refractivity contribution is -0.141. The highest BCUT2D eigenvalue weighted by Gasteiger charge is 2.08. The van der Waals surface area contributed by atoms with Crippen molar-refractivity contribution in [1.82, 2.24) is 5.43 Å². The number of halogens is 1. The Labute approximate surface area is 98.9 Å². The normalized spacial score (nSPS) is 10.8. The van der Waals surface area contributed by atoms with Gasteiger partial charge in [0.15, 0.2) is 0 Å². The van der Waals surface area contributed by atoms with Crippen molar-refractivity contribution >= 4 is 29.4 Å². The Kier molecular flexibility index (Phi) is 8.24. The predicted molar refractivity (Wildman–Crippen MR) is 59.6 cm³/mol. The third-order valence-electron chi connectivity index (χ3n) is 1.39. The molecule has 0 spiro atoms. The van der Waals surface area contributed by atoms with Gasteiger partial charge in [-0.25, -0.2) is 10.2 Å². The van der Waals surface area contributed by atoms with E-state index in [1.54, 1.807) is 13.8 Å². The Balaban J connectivity index is 4.11. The fraction of sp³-hybridized carbons (Fsp3) is 0.667. The van der Waals surface area contributed by atoms with Crippen molar-refractivity contribution in [2.24, 2.45) is 5.10 Å². The first-order chi connectivity index (χ1) is 7.63. The molecular formula is C9H15ClN2O4. The van der Waals surface area contributed by atoms with E-state index >= 15 is 0 Å². The van der Waals surface area contributed by atoms with Crippen LogP contribution in [0.4, 0.5) is 4.79 Å². The van der Waals surface area contributed by atoms with Crippen LogP contribution in [-0.2, 0) is 14.3 Å². The lowest BCUT2D eigenvalue weighted by atomic mass is 10.3. The lowest BCUT2D eigenvalue weighted by Gasteiger charge is -2.04. The van der Waals surface area contributed by atoms with Crippen molar-refractivity contribution in [3.63, 3.8) is 0 Å². The number of hydrazone groups is 1. The molecule has 0 aromatic heterocycles. The van der Waals surface area contributed by atoms with Gasteiger partial charge in [0.2, 0.25) is 0 Å². The van der Waals surface area contributed by atoms with Crippen molar-refractivity contribution in [2.45, 2.75) is 20.3 Å². The maximum absolute atomic E-state index is 11.1. The zero-order valence-electron chi connectivity index (χ0n) is 9.29. The molecule has 0 aromatic carbocycles. The molecule has 92 valence electrons. The maximum atomic E-state index is 11.1. The summed E-state index contributed by atoms with van der Waals surface area (Å²) in [5.41, 5.74) is 2.43. The van der Waals surface area contributed by atoms with Gasteiger partial charge >= 0.3 is 12.1 Å². The number of carbonyl (C=O) groups is 2. The van der Waals surface area contributed by atoms with Gasteiger partial charge in [0.25, 0.3) is 0 Å². The fourth-order valence-corrected chi connectivity index (χ4v) is 0.938. The van der Waals surface area contributed by atoms with Crippen LogP contribution >= 0.6 is 11.6 Å². The third kappa shape index (κ3) is 7.05. The standard InChI is InChI=1S/C9H15ClN2O4/c1-3-15-8(13)5-7(6-10)11-12-9(14)16-4-2/h3-6H2,1-2H3,(H,12,14). The lowest BCUT2D eigenvalue weighted by Crippen LogP contribution is -2.22. The van der Waals surface area contributed by atoms with Crippen LogP contribution in [0.5, 0.6) is 0 Å². The smallest absolute Gasteiger partial charge is 0.427 e.